The van der Waals surface area contributed by atoms with E-state index >= 15 is 0 Å². The van der Waals surface area contributed by atoms with Gasteiger partial charge in [0.25, 0.3) is 5.91 Å². The van der Waals surface area contributed by atoms with Crippen LogP contribution in [0.25, 0.3) is 0 Å². The molecule has 3 aliphatic rings. The van der Waals surface area contributed by atoms with Gasteiger partial charge in [-0.25, -0.2) is 4.68 Å². The first kappa shape index (κ1) is 21.2. The maximum absolute atomic E-state index is 13.4. The largest absolute Gasteiger partial charge is 0.337 e. The minimum atomic E-state index is -0.213. The number of carbonyl (C=O) groups is 2. The molecule has 1 aromatic carbocycles. The van der Waals surface area contributed by atoms with Gasteiger partial charge in [0, 0.05) is 25.0 Å². The van der Waals surface area contributed by atoms with Crippen molar-refractivity contribution in [3.8, 4) is 0 Å². The van der Waals surface area contributed by atoms with Crippen LogP contribution in [0.3, 0.4) is 0 Å². The summed E-state index contributed by atoms with van der Waals surface area (Å²) in [5.41, 5.74) is 2.70. The summed E-state index contributed by atoms with van der Waals surface area (Å²) in [6, 6.07) is 8.42. The minimum Gasteiger partial charge on any atom is -0.337 e. The molecule has 0 unspecified atom stereocenters. The van der Waals surface area contributed by atoms with Crippen LogP contribution in [0.2, 0.25) is 0 Å². The number of likely N-dealkylation sites (tertiary alicyclic amines) is 1. The van der Waals surface area contributed by atoms with Crippen LogP contribution in [0.15, 0.2) is 30.5 Å². The van der Waals surface area contributed by atoms with Crippen LogP contribution in [0.5, 0.6) is 0 Å². The molecule has 0 N–H and O–H groups in total. The summed E-state index contributed by atoms with van der Waals surface area (Å²) in [6.07, 6.45) is 10.2. The summed E-state index contributed by atoms with van der Waals surface area (Å²) < 4.78 is 1.75. The van der Waals surface area contributed by atoms with Gasteiger partial charge in [0.15, 0.2) is 5.69 Å². The molecule has 170 valence electrons. The molecule has 1 aliphatic carbocycles. The molecular formula is C25H33N5O2. The van der Waals surface area contributed by atoms with Crippen molar-refractivity contribution in [2.45, 2.75) is 77.4 Å². The Hall–Kier alpha value is -2.70. The van der Waals surface area contributed by atoms with Crippen molar-refractivity contribution in [2.75, 3.05) is 13.1 Å². The van der Waals surface area contributed by atoms with Gasteiger partial charge in [-0.05, 0) is 43.2 Å². The number of hydrogen-bond donors (Lipinski definition) is 0. The summed E-state index contributed by atoms with van der Waals surface area (Å²) in [6.45, 7) is 4.89. The Morgan fingerprint density at radius 3 is 2.66 bits per heavy atom. The molecule has 7 heteroatoms. The molecule has 2 fully saturated rings. The third kappa shape index (κ3) is 4.05. The van der Waals surface area contributed by atoms with Crippen LogP contribution in [0.1, 0.15) is 73.5 Å². The zero-order valence-electron chi connectivity index (χ0n) is 19.0. The lowest BCUT2D eigenvalue weighted by molar-refractivity contribution is -0.144. The van der Waals surface area contributed by atoms with Crippen molar-refractivity contribution in [1.29, 1.82) is 0 Å². The number of amides is 2. The second-order valence-corrected chi connectivity index (χ2v) is 9.99. The third-order valence-electron chi connectivity index (χ3n) is 7.68. The van der Waals surface area contributed by atoms with Crippen molar-refractivity contribution < 1.29 is 9.59 Å². The Bertz CT molecular complexity index is 994. The van der Waals surface area contributed by atoms with E-state index in [9.17, 15) is 9.59 Å². The minimum absolute atomic E-state index is 0.0696. The molecule has 7 nitrogen and oxygen atoms in total. The van der Waals surface area contributed by atoms with Crippen molar-refractivity contribution in [3.05, 3.63) is 47.3 Å². The average molecular weight is 436 g/mol. The SMILES string of the molecule is CC1(C(=O)N2CCC[C@H]2Cn2cc(C(=O)N3CCc4ccccc4C3)nn2)CCCCC1. The number of hydrogen-bond acceptors (Lipinski definition) is 4. The first-order chi connectivity index (χ1) is 15.5. The lowest BCUT2D eigenvalue weighted by Crippen LogP contribution is -2.47. The van der Waals surface area contributed by atoms with E-state index in [1.54, 1.807) is 10.9 Å². The molecule has 1 aromatic heterocycles. The summed E-state index contributed by atoms with van der Waals surface area (Å²) in [5.74, 6) is 0.239. The van der Waals surface area contributed by atoms with Crippen molar-refractivity contribution in [1.82, 2.24) is 24.8 Å². The second-order valence-electron chi connectivity index (χ2n) is 9.99. The van der Waals surface area contributed by atoms with E-state index in [1.165, 1.54) is 17.5 Å². The topological polar surface area (TPSA) is 71.3 Å². The zero-order chi connectivity index (χ0) is 22.1. The molecule has 0 radical (unpaired) electrons. The van der Waals surface area contributed by atoms with Crippen LogP contribution in [-0.4, -0.2) is 55.7 Å². The summed E-state index contributed by atoms with van der Waals surface area (Å²) >= 11 is 0. The van der Waals surface area contributed by atoms with Gasteiger partial charge in [0.05, 0.1) is 18.8 Å². The second kappa shape index (κ2) is 8.68. The van der Waals surface area contributed by atoms with Crippen molar-refractivity contribution in [3.63, 3.8) is 0 Å². The molecule has 5 rings (SSSR count). The van der Waals surface area contributed by atoms with Gasteiger partial charge in [0.2, 0.25) is 5.91 Å². The van der Waals surface area contributed by atoms with Crippen LogP contribution >= 0.6 is 0 Å². The van der Waals surface area contributed by atoms with E-state index in [0.717, 1.165) is 51.5 Å². The van der Waals surface area contributed by atoms with Crippen LogP contribution in [0, 0.1) is 5.41 Å². The number of fused-ring (bicyclic) bond motifs is 1. The van der Waals surface area contributed by atoms with Crippen LogP contribution in [-0.2, 0) is 24.3 Å². The maximum Gasteiger partial charge on any atom is 0.276 e. The van der Waals surface area contributed by atoms with E-state index in [-0.39, 0.29) is 17.4 Å². The number of carbonyl (C=O) groups excluding carboxylic acids is 2. The fraction of sp³-hybridized carbons (Fsp3) is 0.600. The molecule has 2 aliphatic heterocycles. The smallest absolute Gasteiger partial charge is 0.276 e. The Morgan fingerprint density at radius 2 is 1.84 bits per heavy atom. The monoisotopic (exact) mass is 435 g/mol. The molecular weight excluding hydrogens is 402 g/mol. The molecule has 2 amide bonds. The van der Waals surface area contributed by atoms with Crippen molar-refractivity contribution >= 4 is 11.8 Å². The van der Waals surface area contributed by atoms with E-state index in [4.69, 9.17) is 0 Å². The molecule has 0 spiro atoms. The summed E-state index contributed by atoms with van der Waals surface area (Å²) in [4.78, 5) is 30.3. The quantitative estimate of drug-likeness (QED) is 0.738. The van der Waals surface area contributed by atoms with Gasteiger partial charge in [-0.1, -0.05) is 55.7 Å². The van der Waals surface area contributed by atoms with Crippen LogP contribution < -0.4 is 0 Å². The molecule has 32 heavy (non-hydrogen) atoms. The maximum atomic E-state index is 13.4. The Morgan fingerprint density at radius 1 is 1.06 bits per heavy atom. The molecule has 1 saturated heterocycles. The lowest BCUT2D eigenvalue weighted by atomic mass is 9.74. The van der Waals surface area contributed by atoms with E-state index in [2.05, 4.69) is 34.3 Å². The predicted octanol–water partition coefficient (Wildman–Crippen LogP) is 3.44. The molecule has 2 aromatic rings. The zero-order valence-corrected chi connectivity index (χ0v) is 19.0. The fourth-order valence-corrected chi connectivity index (χ4v) is 5.72. The average Bonchev–Trinajstić information content (AvgIpc) is 3.48. The fourth-order valence-electron chi connectivity index (χ4n) is 5.72. The molecule has 0 bridgehead atoms. The van der Waals surface area contributed by atoms with Gasteiger partial charge in [-0.2, -0.15) is 0 Å². The van der Waals surface area contributed by atoms with E-state index < -0.39 is 0 Å². The van der Waals surface area contributed by atoms with E-state index in [0.29, 0.717) is 31.2 Å². The Labute approximate surface area is 189 Å². The Balaban J connectivity index is 1.24. The standard InChI is InChI=1S/C25H33N5O2/c1-25(12-5-2-6-13-25)24(32)30-14-7-10-21(30)17-29-18-22(26-27-29)23(31)28-15-11-19-8-3-4-9-20(19)16-28/h3-4,8-9,18,21H,2,5-7,10-17H2,1H3/t21-/m0/s1. The lowest BCUT2D eigenvalue weighted by Gasteiger charge is -2.38. The number of aromatic nitrogens is 3. The third-order valence-corrected chi connectivity index (χ3v) is 7.68. The van der Waals surface area contributed by atoms with Crippen molar-refractivity contribution in [2.24, 2.45) is 5.41 Å². The molecule has 3 heterocycles. The van der Waals surface area contributed by atoms with Crippen LogP contribution in [0.4, 0.5) is 0 Å². The Kier molecular flexibility index (Phi) is 5.74. The van der Waals surface area contributed by atoms with Gasteiger partial charge in [-0.3, -0.25) is 9.59 Å². The summed E-state index contributed by atoms with van der Waals surface area (Å²) in [5, 5.41) is 8.43. The number of nitrogens with zero attached hydrogens (tertiary/aromatic N) is 5. The highest BCUT2D eigenvalue weighted by molar-refractivity contribution is 5.92. The molecule has 1 atom stereocenters. The first-order valence-electron chi connectivity index (χ1n) is 12.1. The first-order valence-corrected chi connectivity index (χ1v) is 12.1. The summed E-state index contributed by atoms with van der Waals surface area (Å²) in [7, 11) is 0. The van der Waals surface area contributed by atoms with Gasteiger partial charge < -0.3 is 9.80 Å². The molecule has 1 saturated carbocycles. The normalized spacial score (nSPS) is 22.6. The highest BCUT2D eigenvalue weighted by Crippen LogP contribution is 2.39. The predicted molar refractivity (Wildman–Crippen MR) is 121 cm³/mol. The van der Waals surface area contributed by atoms with Gasteiger partial charge in [0.1, 0.15) is 0 Å². The number of benzene rings is 1. The van der Waals surface area contributed by atoms with Gasteiger partial charge in [-0.15, -0.1) is 5.10 Å². The van der Waals surface area contributed by atoms with Gasteiger partial charge >= 0.3 is 0 Å². The van der Waals surface area contributed by atoms with E-state index in [1.807, 2.05) is 17.0 Å². The number of rotatable bonds is 4. The highest BCUT2D eigenvalue weighted by atomic mass is 16.2. The highest BCUT2D eigenvalue weighted by Gasteiger charge is 2.41.